The first-order valence-electron chi connectivity index (χ1n) is 5.77. The van der Waals surface area contributed by atoms with Crippen molar-refractivity contribution in [2.24, 2.45) is 0 Å². The zero-order valence-electron chi connectivity index (χ0n) is 9.57. The number of halogens is 1. The minimum absolute atomic E-state index is 0.0527. The fourth-order valence-corrected chi connectivity index (χ4v) is 3.60. The van der Waals surface area contributed by atoms with Gasteiger partial charge >= 0.3 is 0 Å². The van der Waals surface area contributed by atoms with E-state index in [1.807, 2.05) is 12.1 Å². The molecule has 3 nitrogen and oxygen atoms in total. The zero-order valence-corrected chi connectivity index (χ0v) is 12.0. The van der Waals surface area contributed by atoms with Crippen LogP contribution in [0.15, 0.2) is 29.0 Å². The number of nitrogens with zero attached hydrogens (tertiary/aromatic N) is 1. The van der Waals surface area contributed by atoms with Gasteiger partial charge in [0.15, 0.2) is 0 Å². The Labute approximate surface area is 117 Å². The number of thiophene rings is 1. The molecule has 1 aliphatic rings. The van der Waals surface area contributed by atoms with E-state index >= 15 is 0 Å². The van der Waals surface area contributed by atoms with Crippen molar-refractivity contribution in [2.45, 2.75) is 19.3 Å². The van der Waals surface area contributed by atoms with Crippen LogP contribution in [-0.2, 0) is 12.8 Å². The topological polar surface area (TPSA) is 42.0 Å². The maximum absolute atomic E-state index is 12.1. The number of carbonyl (C=O) groups excluding carboxylic acids is 1. The Morgan fingerprint density at radius 3 is 3.11 bits per heavy atom. The van der Waals surface area contributed by atoms with Crippen LogP contribution in [0.3, 0.4) is 0 Å². The highest BCUT2D eigenvalue weighted by atomic mass is 79.9. The number of amides is 1. The first kappa shape index (κ1) is 11.9. The summed E-state index contributed by atoms with van der Waals surface area (Å²) in [5, 5.41) is 2.88. The number of hydrogen-bond donors (Lipinski definition) is 1. The molecule has 1 aliphatic carbocycles. The predicted octanol–water partition coefficient (Wildman–Crippen LogP) is 3.65. The van der Waals surface area contributed by atoms with Crippen LogP contribution in [-0.4, -0.2) is 10.9 Å². The molecule has 0 aromatic carbocycles. The summed E-state index contributed by atoms with van der Waals surface area (Å²) in [7, 11) is 0. The van der Waals surface area contributed by atoms with Crippen LogP contribution in [0.2, 0.25) is 0 Å². The lowest BCUT2D eigenvalue weighted by Gasteiger charge is -2.04. The molecule has 1 N–H and O–H groups in total. The Bertz CT molecular complexity index is 587. The summed E-state index contributed by atoms with van der Waals surface area (Å²) >= 11 is 4.93. The second-order valence-corrected chi connectivity index (χ2v) is 6.10. The number of nitrogens with one attached hydrogen (secondary N) is 1. The molecule has 0 spiro atoms. The third-order valence-electron chi connectivity index (χ3n) is 2.98. The maximum atomic E-state index is 12.1. The first-order chi connectivity index (χ1) is 8.74. The van der Waals surface area contributed by atoms with Crippen LogP contribution in [0, 0.1) is 0 Å². The molecule has 5 heteroatoms. The second-order valence-electron chi connectivity index (χ2n) is 4.21. The number of rotatable bonds is 2. The van der Waals surface area contributed by atoms with E-state index in [0.29, 0.717) is 10.3 Å². The van der Waals surface area contributed by atoms with Crippen LogP contribution in [0.4, 0.5) is 5.69 Å². The Morgan fingerprint density at radius 1 is 1.44 bits per heavy atom. The molecule has 92 valence electrons. The molecule has 18 heavy (non-hydrogen) atoms. The number of anilines is 1. The van der Waals surface area contributed by atoms with E-state index < -0.39 is 0 Å². The Kier molecular flexibility index (Phi) is 3.18. The molecular weight excluding hydrogens is 312 g/mol. The molecular formula is C13H11BrN2OS. The number of aromatic nitrogens is 1. The van der Waals surface area contributed by atoms with E-state index in [4.69, 9.17) is 0 Å². The van der Waals surface area contributed by atoms with Gasteiger partial charge in [0.25, 0.3) is 5.91 Å². The summed E-state index contributed by atoms with van der Waals surface area (Å²) in [4.78, 5) is 18.4. The van der Waals surface area contributed by atoms with E-state index in [9.17, 15) is 4.79 Å². The molecule has 0 saturated carbocycles. The molecule has 0 saturated heterocycles. The quantitative estimate of drug-likeness (QED) is 0.857. The van der Waals surface area contributed by atoms with Gasteiger partial charge in [0.1, 0.15) is 4.60 Å². The second kappa shape index (κ2) is 4.82. The van der Waals surface area contributed by atoms with Gasteiger partial charge in [-0.05, 0) is 59.0 Å². The fraction of sp³-hybridized carbons (Fsp3) is 0.231. The fourth-order valence-electron chi connectivity index (χ4n) is 2.10. The van der Waals surface area contributed by atoms with E-state index in [0.717, 1.165) is 17.7 Å². The molecule has 1 amide bonds. The van der Waals surface area contributed by atoms with Gasteiger partial charge in [-0.1, -0.05) is 0 Å². The molecule has 0 atom stereocenters. The number of carbonyl (C=O) groups is 1. The normalized spacial score (nSPS) is 13.4. The van der Waals surface area contributed by atoms with Crippen LogP contribution < -0.4 is 5.32 Å². The van der Waals surface area contributed by atoms with Crippen molar-refractivity contribution < 1.29 is 4.79 Å². The van der Waals surface area contributed by atoms with Gasteiger partial charge in [-0.15, -0.1) is 11.3 Å². The molecule has 2 aromatic heterocycles. The van der Waals surface area contributed by atoms with Gasteiger partial charge < -0.3 is 5.32 Å². The summed E-state index contributed by atoms with van der Waals surface area (Å²) in [5.74, 6) is -0.0527. The Hall–Kier alpha value is -1.20. The number of hydrogen-bond acceptors (Lipinski definition) is 3. The largest absolute Gasteiger partial charge is 0.319 e. The number of fused-ring (bicyclic) bond motifs is 1. The zero-order chi connectivity index (χ0) is 12.5. The highest BCUT2D eigenvalue weighted by molar-refractivity contribution is 9.10. The monoisotopic (exact) mass is 322 g/mol. The third kappa shape index (κ3) is 2.20. The molecule has 0 bridgehead atoms. The van der Waals surface area contributed by atoms with Crippen LogP contribution in [0.25, 0.3) is 0 Å². The van der Waals surface area contributed by atoms with E-state index in [1.54, 1.807) is 23.6 Å². The predicted molar refractivity (Wildman–Crippen MR) is 76.2 cm³/mol. The smallest absolute Gasteiger partial charge is 0.265 e. The third-order valence-corrected chi connectivity index (χ3v) is 4.85. The molecule has 0 aliphatic heterocycles. The van der Waals surface area contributed by atoms with Gasteiger partial charge in [-0.3, -0.25) is 4.79 Å². The maximum Gasteiger partial charge on any atom is 0.265 e. The summed E-state index contributed by atoms with van der Waals surface area (Å²) < 4.78 is 0.655. The van der Waals surface area contributed by atoms with Crippen molar-refractivity contribution in [1.29, 1.82) is 0 Å². The average Bonchev–Trinajstić information content (AvgIpc) is 2.92. The van der Waals surface area contributed by atoms with E-state index in [1.165, 1.54) is 16.9 Å². The molecule has 3 rings (SSSR count). The van der Waals surface area contributed by atoms with Gasteiger partial charge in [0.05, 0.1) is 10.6 Å². The van der Waals surface area contributed by atoms with Crippen molar-refractivity contribution in [3.63, 3.8) is 0 Å². The van der Waals surface area contributed by atoms with Gasteiger partial charge in [0.2, 0.25) is 0 Å². The highest BCUT2D eigenvalue weighted by Gasteiger charge is 2.18. The van der Waals surface area contributed by atoms with Crippen LogP contribution in [0.5, 0.6) is 0 Å². The van der Waals surface area contributed by atoms with E-state index in [2.05, 4.69) is 26.2 Å². The first-order valence-corrected chi connectivity index (χ1v) is 7.38. The lowest BCUT2D eigenvalue weighted by Crippen LogP contribution is -2.10. The van der Waals surface area contributed by atoms with Crippen molar-refractivity contribution >= 4 is 38.9 Å². The van der Waals surface area contributed by atoms with Crippen molar-refractivity contribution in [3.05, 3.63) is 44.3 Å². The molecule has 0 radical (unpaired) electrons. The van der Waals surface area contributed by atoms with Crippen molar-refractivity contribution in [2.75, 3.05) is 5.32 Å². The minimum Gasteiger partial charge on any atom is -0.319 e. The minimum atomic E-state index is -0.0527. The Morgan fingerprint density at radius 2 is 2.33 bits per heavy atom. The summed E-state index contributed by atoms with van der Waals surface area (Å²) in [6.45, 7) is 0. The summed E-state index contributed by atoms with van der Waals surface area (Å²) in [6.07, 6.45) is 5.12. The molecule has 2 heterocycles. The van der Waals surface area contributed by atoms with Gasteiger partial charge in [-0.25, -0.2) is 4.98 Å². The molecule has 0 unspecified atom stereocenters. The average molecular weight is 323 g/mol. The van der Waals surface area contributed by atoms with Crippen molar-refractivity contribution in [1.82, 2.24) is 4.98 Å². The summed E-state index contributed by atoms with van der Waals surface area (Å²) in [6, 6.07) is 5.65. The van der Waals surface area contributed by atoms with Gasteiger partial charge in [0, 0.05) is 11.1 Å². The Balaban J connectivity index is 1.81. The number of pyridine rings is 1. The molecule has 0 fully saturated rings. The van der Waals surface area contributed by atoms with E-state index in [-0.39, 0.29) is 5.91 Å². The van der Waals surface area contributed by atoms with Crippen LogP contribution in [0.1, 0.15) is 26.5 Å². The lowest BCUT2D eigenvalue weighted by molar-refractivity contribution is 0.103. The van der Waals surface area contributed by atoms with Gasteiger partial charge in [-0.2, -0.15) is 0 Å². The van der Waals surface area contributed by atoms with Crippen molar-refractivity contribution in [3.8, 4) is 0 Å². The molecule has 2 aromatic rings. The lowest BCUT2D eigenvalue weighted by atomic mass is 10.2. The standard InChI is InChI=1S/C13H11BrN2OS/c14-12-9(4-2-6-15-12)16-13(17)11-7-8-3-1-5-10(8)18-11/h2,4,6-7H,1,3,5H2,(H,16,17). The number of aryl methyl sites for hydroxylation is 2. The highest BCUT2D eigenvalue weighted by Crippen LogP contribution is 2.31. The summed E-state index contributed by atoms with van der Waals surface area (Å²) in [5.41, 5.74) is 2.05. The van der Waals surface area contributed by atoms with Crippen LogP contribution >= 0.6 is 27.3 Å². The SMILES string of the molecule is O=C(Nc1cccnc1Br)c1cc2c(s1)CCC2.